The molecule has 0 radical (unpaired) electrons. The van der Waals surface area contributed by atoms with E-state index in [1.54, 1.807) is 6.92 Å². The minimum absolute atomic E-state index is 0.319. The van der Waals surface area contributed by atoms with E-state index in [1.165, 1.54) is 0 Å². The molecule has 0 aliphatic rings. The Hall–Kier alpha value is -2.35. The van der Waals surface area contributed by atoms with Crippen LogP contribution in [0.1, 0.15) is 6.92 Å². The minimum Gasteiger partial charge on any atom is -0.372 e. The Balaban J connectivity index is 2.49. The molecule has 0 aliphatic carbocycles. The fraction of sp³-hybridized carbons (Fsp3) is 0.250. The van der Waals surface area contributed by atoms with Crippen molar-refractivity contribution in [1.29, 1.82) is 5.26 Å². The Bertz CT molecular complexity index is 573. The van der Waals surface area contributed by atoms with Gasteiger partial charge in [-0.25, -0.2) is 4.98 Å². The predicted molar refractivity (Wildman–Crippen MR) is 67.8 cm³/mol. The van der Waals surface area contributed by atoms with Gasteiger partial charge < -0.3 is 10.6 Å². The number of rotatable bonds is 3. The molecule has 0 saturated heterocycles. The predicted octanol–water partition coefficient (Wildman–Crippen LogP) is 2.00. The normalized spacial score (nSPS) is 11.8. The first kappa shape index (κ1) is 11.1. The van der Waals surface area contributed by atoms with E-state index < -0.39 is 0 Å². The summed E-state index contributed by atoms with van der Waals surface area (Å²) in [6, 6.07) is 9.51. The highest BCUT2D eigenvalue weighted by atomic mass is 15.1. The number of benzene rings is 1. The summed E-state index contributed by atoms with van der Waals surface area (Å²) < 4.78 is 0. The fourth-order valence-corrected chi connectivity index (χ4v) is 1.56. The number of hydrogen-bond acceptors (Lipinski definition) is 5. The van der Waals surface area contributed by atoms with Crippen LogP contribution in [0.2, 0.25) is 0 Å². The average molecular weight is 227 g/mol. The van der Waals surface area contributed by atoms with Gasteiger partial charge in [-0.05, 0) is 19.1 Å². The molecule has 17 heavy (non-hydrogen) atoms. The number of aromatic nitrogens is 2. The van der Waals surface area contributed by atoms with E-state index in [2.05, 4.69) is 26.7 Å². The average Bonchev–Trinajstić information content (AvgIpc) is 2.37. The second-order valence-electron chi connectivity index (χ2n) is 3.66. The zero-order valence-electron chi connectivity index (χ0n) is 9.73. The Morgan fingerprint density at radius 3 is 2.76 bits per heavy atom. The summed E-state index contributed by atoms with van der Waals surface area (Å²) in [5, 5.41) is 15.7. The highest BCUT2D eigenvalue weighted by Gasteiger charge is 2.07. The third-order valence-corrected chi connectivity index (χ3v) is 2.38. The molecule has 1 aromatic carbocycles. The van der Waals surface area contributed by atoms with E-state index in [4.69, 9.17) is 5.26 Å². The summed E-state index contributed by atoms with van der Waals surface area (Å²) in [6.45, 7) is 1.76. The van der Waals surface area contributed by atoms with Crippen LogP contribution >= 0.6 is 0 Å². The maximum atomic E-state index is 8.75. The van der Waals surface area contributed by atoms with Crippen LogP contribution in [0.4, 0.5) is 11.8 Å². The summed E-state index contributed by atoms with van der Waals surface area (Å²) >= 11 is 0. The Morgan fingerprint density at radius 1 is 1.29 bits per heavy atom. The summed E-state index contributed by atoms with van der Waals surface area (Å²) in [5.74, 6) is 1.21. The van der Waals surface area contributed by atoms with Crippen LogP contribution < -0.4 is 10.6 Å². The monoisotopic (exact) mass is 227 g/mol. The highest BCUT2D eigenvalue weighted by molar-refractivity contribution is 5.89. The SMILES string of the molecule is CNc1nc(NC(C)C#N)nc2ccccc12. The Labute approximate surface area is 99.5 Å². The molecule has 0 fully saturated rings. The van der Waals surface area contributed by atoms with Crippen molar-refractivity contribution in [3.8, 4) is 6.07 Å². The number of nitriles is 1. The van der Waals surface area contributed by atoms with E-state index in [9.17, 15) is 0 Å². The molecule has 1 atom stereocenters. The maximum absolute atomic E-state index is 8.75. The van der Waals surface area contributed by atoms with Crippen LogP contribution in [-0.2, 0) is 0 Å². The van der Waals surface area contributed by atoms with Crippen molar-refractivity contribution in [1.82, 2.24) is 9.97 Å². The van der Waals surface area contributed by atoms with E-state index in [0.717, 1.165) is 16.7 Å². The lowest BCUT2D eigenvalue weighted by molar-refractivity contribution is 0.973. The second-order valence-corrected chi connectivity index (χ2v) is 3.66. The van der Waals surface area contributed by atoms with Gasteiger partial charge in [0.15, 0.2) is 0 Å². The molecule has 5 nitrogen and oxygen atoms in total. The van der Waals surface area contributed by atoms with Crippen LogP contribution in [0.25, 0.3) is 10.9 Å². The molecule has 2 N–H and O–H groups in total. The van der Waals surface area contributed by atoms with Gasteiger partial charge in [0.05, 0.1) is 11.6 Å². The molecule has 5 heteroatoms. The van der Waals surface area contributed by atoms with Gasteiger partial charge in [0.1, 0.15) is 11.9 Å². The first-order chi connectivity index (χ1) is 8.24. The van der Waals surface area contributed by atoms with Crippen molar-refractivity contribution in [2.24, 2.45) is 0 Å². The van der Waals surface area contributed by atoms with Gasteiger partial charge in [-0.3, -0.25) is 0 Å². The molecule has 0 spiro atoms. The first-order valence-corrected chi connectivity index (χ1v) is 5.35. The van der Waals surface area contributed by atoms with Crippen LogP contribution in [0.15, 0.2) is 24.3 Å². The molecule has 0 saturated carbocycles. The van der Waals surface area contributed by atoms with Crippen LogP contribution in [0.3, 0.4) is 0 Å². The number of nitrogens with zero attached hydrogens (tertiary/aromatic N) is 3. The third kappa shape index (κ3) is 2.26. The molecule has 86 valence electrons. The van der Waals surface area contributed by atoms with Gasteiger partial charge >= 0.3 is 0 Å². The summed E-state index contributed by atoms with van der Waals surface area (Å²) in [4.78, 5) is 8.68. The quantitative estimate of drug-likeness (QED) is 0.838. The fourth-order valence-electron chi connectivity index (χ4n) is 1.56. The molecular weight excluding hydrogens is 214 g/mol. The van der Waals surface area contributed by atoms with Crippen molar-refractivity contribution in [2.75, 3.05) is 17.7 Å². The standard InChI is InChI=1S/C12H13N5/c1-8(7-13)15-12-16-10-6-4-3-5-9(10)11(14-2)17-12/h3-6,8H,1-2H3,(H2,14,15,16,17). The lowest BCUT2D eigenvalue weighted by atomic mass is 10.2. The number of nitrogens with one attached hydrogen (secondary N) is 2. The number of anilines is 2. The molecule has 1 unspecified atom stereocenters. The Morgan fingerprint density at radius 2 is 2.06 bits per heavy atom. The van der Waals surface area contributed by atoms with E-state index in [0.29, 0.717) is 5.95 Å². The van der Waals surface area contributed by atoms with Crippen molar-refractivity contribution in [3.05, 3.63) is 24.3 Å². The van der Waals surface area contributed by atoms with Gasteiger partial charge in [-0.15, -0.1) is 0 Å². The molecule has 1 aromatic heterocycles. The van der Waals surface area contributed by atoms with Crippen LogP contribution in [0.5, 0.6) is 0 Å². The number of hydrogen-bond donors (Lipinski definition) is 2. The van der Waals surface area contributed by atoms with E-state index >= 15 is 0 Å². The second kappa shape index (κ2) is 4.66. The zero-order chi connectivity index (χ0) is 12.3. The molecule has 0 aliphatic heterocycles. The van der Waals surface area contributed by atoms with E-state index in [-0.39, 0.29) is 6.04 Å². The molecule has 0 bridgehead atoms. The van der Waals surface area contributed by atoms with Gasteiger partial charge in [-0.1, -0.05) is 12.1 Å². The van der Waals surface area contributed by atoms with Gasteiger partial charge in [0.2, 0.25) is 5.95 Å². The molecule has 1 heterocycles. The van der Waals surface area contributed by atoms with Gasteiger partial charge in [0.25, 0.3) is 0 Å². The van der Waals surface area contributed by atoms with Crippen LogP contribution in [-0.4, -0.2) is 23.1 Å². The summed E-state index contributed by atoms with van der Waals surface area (Å²) in [7, 11) is 1.81. The van der Waals surface area contributed by atoms with Crippen molar-refractivity contribution >= 4 is 22.7 Å². The summed E-state index contributed by atoms with van der Waals surface area (Å²) in [6.07, 6.45) is 0. The molecular formula is C12H13N5. The number of para-hydroxylation sites is 1. The molecule has 2 aromatic rings. The zero-order valence-corrected chi connectivity index (χ0v) is 9.73. The highest BCUT2D eigenvalue weighted by Crippen LogP contribution is 2.21. The molecule has 0 amide bonds. The van der Waals surface area contributed by atoms with Crippen LogP contribution in [0, 0.1) is 11.3 Å². The van der Waals surface area contributed by atoms with E-state index in [1.807, 2.05) is 31.3 Å². The smallest absolute Gasteiger partial charge is 0.226 e. The van der Waals surface area contributed by atoms with Gasteiger partial charge in [0, 0.05) is 12.4 Å². The largest absolute Gasteiger partial charge is 0.372 e. The summed E-state index contributed by atoms with van der Waals surface area (Å²) in [5.41, 5.74) is 0.847. The van der Waals surface area contributed by atoms with Crippen molar-refractivity contribution in [3.63, 3.8) is 0 Å². The first-order valence-electron chi connectivity index (χ1n) is 5.35. The lowest BCUT2D eigenvalue weighted by Crippen LogP contribution is -2.15. The topological polar surface area (TPSA) is 73.6 Å². The van der Waals surface area contributed by atoms with Crippen molar-refractivity contribution < 1.29 is 0 Å². The third-order valence-electron chi connectivity index (χ3n) is 2.38. The minimum atomic E-state index is -0.319. The van der Waals surface area contributed by atoms with Gasteiger partial charge in [-0.2, -0.15) is 10.2 Å². The lowest BCUT2D eigenvalue weighted by Gasteiger charge is -2.10. The van der Waals surface area contributed by atoms with Crippen molar-refractivity contribution in [2.45, 2.75) is 13.0 Å². The Kier molecular flexibility index (Phi) is 3.06. The molecule has 2 rings (SSSR count). The number of fused-ring (bicyclic) bond motifs is 1. The maximum Gasteiger partial charge on any atom is 0.226 e.